The summed E-state index contributed by atoms with van der Waals surface area (Å²) in [7, 11) is 1.33. The topological polar surface area (TPSA) is 93.2 Å². The molecule has 1 amide bonds. The summed E-state index contributed by atoms with van der Waals surface area (Å²) in [6, 6.07) is 16.0. The van der Waals surface area contributed by atoms with E-state index in [2.05, 4.69) is 39.2 Å². The molecule has 0 aliphatic rings. The molecule has 2 aromatic carbocycles. The highest BCUT2D eigenvalue weighted by Gasteiger charge is 2.10. The number of anilines is 3. The molecule has 0 bridgehead atoms. The fourth-order valence-electron chi connectivity index (χ4n) is 2.65. The number of ether oxygens (including phenoxy) is 1. The average molecular weight is 390 g/mol. The summed E-state index contributed by atoms with van der Waals surface area (Å²) in [5.74, 6) is 0.163. The van der Waals surface area contributed by atoms with Crippen LogP contribution in [-0.2, 0) is 4.74 Å². The number of benzene rings is 2. The van der Waals surface area contributed by atoms with Gasteiger partial charge in [0, 0.05) is 17.4 Å². The highest BCUT2D eigenvalue weighted by atomic mass is 16.5. The van der Waals surface area contributed by atoms with Gasteiger partial charge in [-0.2, -0.15) is 0 Å². The molecule has 7 heteroatoms. The van der Waals surface area contributed by atoms with Crippen molar-refractivity contribution in [3.8, 4) is 0 Å². The fraction of sp³-hybridized carbons (Fsp3) is 0.182. The number of hydrogen-bond donors (Lipinski definition) is 2. The van der Waals surface area contributed by atoms with Crippen LogP contribution in [0.3, 0.4) is 0 Å². The van der Waals surface area contributed by atoms with E-state index in [0.717, 1.165) is 0 Å². The Labute approximate surface area is 169 Å². The molecule has 148 valence electrons. The maximum Gasteiger partial charge on any atom is 0.337 e. The Morgan fingerprint density at radius 3 is 2.21 bits per heavy atom. The van der Waals surface area contributed by atoms with Crippen LogP contribution >= 0.6 is 0 Å². The molecule has 0 saturated heterocycles. The molecule has 7 nitrogen and oxygen atoms in total. The normalized spacial score (nSPS) is 10.5. The molecule has 0 spiro atoms. The van der Waals surface area contributed by atoms with Crippen molar-refractivity contribution in [2.24, 2.45) is 0 Å². The summed E-state index contributed by atoms with van der Waals surface area (Å²) in [4.78, 5) is 32.2. The first-order chi connectivity index (χ1) is 14.0. The lowest BCUT2D eigenvalue weighted by Crippen LogP contribution is -2.14. The number of amides is 1. The summed E-state index contributed by atoms with van der Waals surface area (Å²) in [6.07, 6.45) is 1.32. The number of hydrogen-bond acceptors (Lipinski definition) is 6. The minimum absolute atomic E-state index is 0.238. The molecular formula is C22H22N4O3. The van der Waals surface area contributed by atoms with E-state index in [-0.39, 0.29) is 11.6 Å². The van der Waals surface area contributed by atoms with Gasteiger partial charge >= 0.3 is 5.97 Å². The molecule has 0 aliphatic heterocycles. The number of rotatable bonds is 6. The predicted octanol–water partition coefficient (Wildman–Crippen LogP) is 4.38. The van der Waals surface area contributed by atoms with Crippen LogP contribution in [0, 0.1) is 0 Å². The third kappa shape index (κ3) is 5.16. The summed E-state index contributed by atoms with van der Waals surface area (Å²) in [6.45, 7) is 4.23. The van der Waals surface area contributed by atoms with Crippen molar-refractivity contribution < 1.29 is 14.3 Å². The highest BCUT2D eigenvalue weighted by molar-refractivity contribution is 6.03. The first-order valence-corrected chi connectivity index (χ1v) is 9.15. The van der Waals surface area contributed by atoms with Crippen LogP contribution in [0.15, 0.2) is 60.9 Å². The Bertz CT molecular complexity index is 999. The van der Waals surface area contributed by atoms with E-state index in [9.17, 15) is 9.59 Å². The van der Waals surface area contributed by atoms with Crippen LogP contribution in [0.25, 0.3) is 0 Å². The molecule has 3 aromatic rings. The van der Waals surface area contributed by atoms with Gasteiger partial charge in [-0.25, -0.2) is 14.8 Å². The quantitative estimate of drug-likeness (QED) is 0.607. The van der Waals surface area contributed by atoms with Crippen LogP contribution in [0.5, 0.6) is 0 Å². The molecule has 0 radical (unpaired) electrons. The number of carbonyl (C=O) groups excluding carboxylic acids is 2. The molecule has 1 heterocycles. The Balaban J connectivity index is 1.68. The standard InChI is InChI=1S/C22H22N4O3/c1-14(2)15-4-8-18(9-5-15)26-21(27)19-12-20(24-13-23-19)25-17-10-6-16(7-11-17)22(28)29-3/h4-14H,1-3H3,(H,26,27)(H,23,24,25). The summed E-state index contributed by atoms with van der Waals surface area (Å²) in [5.41, 5.74) is 3.30. The Morgan fingerprint density at radius 2 is 1.59 bits per heavy atom. The fourth-order valence-corrected chi connectivity index (χ4v) is 2.65. The lowest BCUT2D eigenvalue weighted by molar-refractivity contribution is 0.0600. The van der Waals surface area contributed by atoms with Crippen LogP contribution in [0.4, 0.5) is 17.2 Å². The van der Waals surface area contributed by atoms with Crippen molar-refractivity contribution >= 4 is 29.1 Å². The smallest absolute Gasteiger partial charge is 0.337 e. The minimum Gasteiger partial charge on any atom is -0.465 e. The van der Waals surface area contributed by atoms with Crippen LogP contribution < -0.4 is 10.6 Å². The Morgan fingerprint density at radius 1 is 0.931 bits per heavy atom. The van der Waals surface area contributed by atoms with Gasteiger partial charge < -0.3 is 15.4 Å². The molecule has 0 saturated carbocycles. The predicted molar refractivity (Wildman–Crippen MR) is 112 cm³/mol. The second-order valence-electron chi connectivity index (χ2n) is 6.71. The maximum absolute atomic E-state index is 12.5. The average Bonchev–Trinajstić information content (AvgIpc) is 2.74. The van der Waals surface area contributed by atoms with E-state index < -0.39 is 5.97 Å². The van der Waals surface area contributed by atoms with Crippen molar-refractivity contribution in [1.82, 2.24) is 9.97 Å². The van der Waals surface area contributed by atoms with Crippen molar-refractivity contribution in [2.45, 2.75) is 19.8 Å². The van der Waals surface area contributed by atoms with Gasteiger partial charge in [-0.1, -0.05) is 26.0 Å². The summed E-state index contributed by atoms with van der Waals surface area (Å²) >= 11 is 0. The van der Waals surface area contributed by atoms with Gasteiger partial charge in [0.1, 0.15) is 17.8 Å². The molecular weight excluding hydrogens is 368 g/mol. The van der Waals surface area contributed by atoms with Gasteiger partial charge in [0.15, 0.2) is 0 Å². The first-order valence-electron chi connectivity index (χ1n) is 9.15. The number of methoxy groups -OCH3 is 1. The third-order valence-electron chi connectivity index (χ3n) is 4.31. The van der Waals surface area contributed by atoms with Crippen molar-refractivity contribution in [3.63, 3.8) is 0 Å². The van der Waals surface area contributed by atoms with E-state index in [1.165, 1.54) is 19.0 Å². The SMILES string of the molecule is COC(=O)c1ccc(Nc2cc(C(=O)Nc3ccc(C(C)C)cc3)ncn2)cc1. The lowest BCUT2D eigenvalue weighted by atomic mass is 10.0. The van der Waals surface area contributed by atoms with Gasteiger partial charge in [-0.05, 0) is 47.9 Å². The highest BCUT2D eigenvalue weighted by Crippen LogP contribution is 2.19. The van der Waals surface area contributed by atoms with Crippen molar-refractivity contribution in [1.29, 1.82) is 0 Å². The molecule has 0 fully saturated rings. The van der Waals surface area contributed by atoms with E-state index in [1.807, 2.05) is 24.3 Å². The molecule has 29 heavy (non-hydrogen) atoms. The van der Waals surface area contributed by atoms with Gasteiger partial charge in [-0.3, -0.25) is 4.79 Å². The van der Waals surface area contributed by atoms with E-state index in [4.69, 9.17) is 0 Å². The van der Waals surface area contributed by atoms with Gasteiger partial charge in [0.05, 0.1) is 12.7 Å². The molecule has 1 aromatic heterocycles. The van der Waals surface area contributed by atoms with E-state index in [0.29, 0.717) is 28.7 Å². The maximum atomic E-state index is 12.5. The zero-order valence-corrected chi connectivity index (χ0v) is 16.5. The number of carbonyl (C=O) groups is 2. The lowest BCUT2D eigenvalue weighted by Gasteiger charge is -2.09. The Kier molecular flexibility index (Phi) is 6.19. The van der Waals surface area contributed by atoms with Crippen LogP contribution in [0.1, 0.15) is 46.2 Å². The third-order valence-corrected chi connectivity index (χ3v) is 4.31. The number of esters is 1. The van der Waals surface area contributed by atoms with Crippen molar-refractivity contribution in [2.75, 3.05) is 17.7 Å². The molecule has 0 unspecified atom stereocenters. The van der Waals surface area contributed by atoms with Gasteiger partial charge in [0.25, 0.3) is 5.91 Å². The van der Waals surface area contributed by atoms with Crippen LogP contribution in [0.2, 0.25) is 0 Å². The molecule has 2 N–H and O–H groups in total. The zero-order valence-electron chi connectivity index (χ0n) is 16.5. The largest absolute Gasteiger partial charge is 0.465 e. The number of nitrogens with zero attached hydrogens (tertiary/aromatic N) is 2. The van der Waals surface area contributed by atoms with Gasteiger partial charge in [0.2, 0.25) is 0 Å². The second-order valence-corrected chi connectivity index (χ2v) is 6.71. The van der Waals surface area contributed by atoms with E-state index in [1.54, 1.807) is 30.3 Å². The minimum atomic E-state index is -0.404. The monoisotopic (exact) mass is 390 g/mol. The zero-order chi connectivity index (χ0) is 20.8. The van der Waals surface area contributed by atoms with E-state index >= 15 is 0 Å². The molecule has 0 aliphatic carbocycles. The number of nitrogens with one attached hydrogen (secondary N) is 2. The summed E-state index contributed by atoms with van der Waals surface area (Å²) in [5, 5.41) is 5.92. The van der Waals surface area contributed by atoms with Crippen LogP contribution in [-0.4, -0.2) is 29.0 Å². The van der Waals surface area contributed by atoms with Crippen molar-refractivity contribution in [3.05, 3.63) is 77.7 Å². The summed E-state index contributed by atoms with van der Waals surface area (Å²) < 4.78 is 4.68. The Hall–Kier alpha value is -3.74. The molecule has 0 atom stereocenters. The number of aromatic nitrogens is 2. The first kappa shape index (κ1) is 20.0. The second kappa shape index (κ2) is 8.97. The van der Waals surface area contributed by atoms with Gasteiger partial charge in [-0.15, -0.1) is 0 Å². The molecule has 3 rings (SSSR count).